The molecule has 140 valence electrons. The highest BCUT2D eigenvalue weighted by molar-refractivity contribution is 9.10. The largest absolute Gasteiger partial charge is 0.418 e. The number of hydrogen-bond donors (Lipinski definition) is 1. The predicted octanol–water partition coefficient (Wildman–Crippen LogP) is 4.41. The Morgan fingerprint density at radius 3 is 2.56 bits per heavy atom. The fourth-order valence-corrected chi connectivity index (χ4v) is 2.64. The van der Waals surface area contributed by atoms with E-state index >= 15 is 0 Å². The number of anilines is 1. The first-order chi connectivity index (χ1) is 12.7. The molecule has 0 atom stereocenters. The second-order valence-corrected chi connectivity index (χ2v) is 6.74. The van der Waals surface area contributed by atoms with E-state index in [1.807, 2.05) is 0 Å². The average Bonchev–Trinajstić information content (AvgIpc) is 3.04. The maximum Gasteiger partial charge on any atom is 0.418 e. The summed E-state index contributed by atoms with van der Waals surface area (Å²) in [7, 11) is 0. The van der Waals surface area contributed by atoms with Crippen molar-refractivity contribution in [2.24, 2.45) is 0 Å². The Morgan fingerprint density at radius 2 is 1.89 bits per heavy atom. The van der Waals surface area contributed by atoms with Crippen molar-refractivity contribution in [2.45, 2.75) is 12.7 Å². The summed E-state index contributed by atoms with van der Waals surface area (Å²) in [5.74, 6) is -0.444. The van der Waals surface area contributed by atoms with Crippen molar-refractivity contribution >= 4 is 39.1 Å². The van der Waals surface area contributed by atoms with Gasteiger partial charge in [0.1, 0.15) is 6.54 Å². The summed E-state index contributed by atoms with van der Waals surface area (Å²) in [6.07, 6.45) is -4.66. The second kappa shape index (κ2) is 7.65. The molecule has 1 amide bonds. The van der Waals surface area contributed by atoms with Crippen molar-refractivity contribution in [1.29, 1.82) is 0 Å². The number of nitrogens with zero attached hydrogens (tertiary/aromatic N) is 4. The molecule has 0 fully saturated rings. The number of hydrogen-bond acceptors (Lipinski definition) is 4. The van der Waals surface area contributed by atoms with Gasteiger partial charge in [0, 0.05) is 15.1 Å². The SMILES string of the molecule is O=C(Cn1nnc(-c2ccc(Br)cc2)n1)Nc1ccc(Cl)cc1C(F)(F)F. The van der Waals surface area contributed by atoms with E-state index < -0.39 is 29.9 Å². The Hall–Kier alpha value is -2.46. The third-order valence-electron chi connectivity index (χ3n) is 3.40. The Labute approximate surface area is 164 Å². The molecule has 0 bridgehead atoms. The number of alkyl halides is 3. The van der Waals surface area contributed by atoms with Crippen LogP contribution in [0.5, 0.6) is 0 Å². The van der Waals surface area contributed by atoms with Gasteiger partial charge in [-0.1, -0.05) is 27.5 Å². The molecule has 0 spiro atoms. The topological polar surface area (TPSA) is 72.7 Å². The zero-order chi connectivity index (χ0) is 19.6. The van der Waals surface area contributed by atoms with E-state index in [-0.39, 0.29) is 10.8 Å². The number of rotatable bonds is 4. The lowest BCUT2D eigenvalue weighted by atomic mass is 10.1. The Kier molecular flexibility index (Phi) is 5.47. The van der Waals surface area contributed by atoms with E-state index in [0.717, 1.165) is 21.4 Å². The lowest BCUT2D eigenvalue weighted by Crippen LogP contribution is -2.22. The van der Waals surface area contributed by atoms with Crippen LogP contribution in [0.25, 0.3) is 11.4 Å². The Bertz CT molecular complexity index is 975. The van der Waals surface area contributed by atoms with Crippen LogP contribution in [0.15, 0.2) is 46.9 Å². The van der Waals surface area contributed by atoms with Crippen molar-refractivity contribution in [3.8, 4) is 11.4 Å². The molecule has 3 rings (SSSR count). The van der Waals surface area contributed by atoms with Crippen molar-refractivity contribution in [3.63, 3.8) is 0 Å². The molecule has 27 heavy (non-hydrogen) atoms. The van der Waals surface area contributed by atoms with E-state index in [1.165, 1.54) is 6.07 Å². The van der Waals surface area contributed by atoms with Crippen molar-refractivity contribution in [2.75, 3.05) is 5.32 Å². The Morgan fingerprint density at radius 1 is 1.19 bits per heavy atom. The molecule has 0 saturated carbocycles. The maximum atomic E-state index is 13.1. The molecule has 2 aromatic carbocycles. The molecule has 0 unspecified atom stereocenters. The molecular formula is C16H10BrClF3N5O. The first-order valence-electron chi connectivity index (χ1n) is 7.43. The van der Waals surface area contributed by atoms with Gasteiger partial charge in [-0.2, -0.15) is 18.0 Å². The molecule has 11 heteroatoms. The van der Waals surface area contributed by atoms with Gasteiger partial charge in [-0.15, -0.1) is 10.2 Å². The standard InChI is InChI=1S/C16H10BrClF3N5O/c17-10-3-1-9(2-4-10)15-23-25-26(24-15)8-14(27)22-13-6-5-11(18)7-12(13)16(19,20)21/h1-7H,8H2,(H,22,27). The van der Waals surface area contributed by atoms with Crippen molar-refractivity contribution in [3.05, 3.63) is 57.5 Å². The van der Waals surface area contributed by atoms with Crippen LogP contribution in [0.2, 0.25) is 5.02 Å². The lowest BCUT2D eigenvalue weighted by molar-refractivity contribution is -0.137. The average molecular weight is 461 g/mol. The van der Waals surface area contributed by atoms with E-state index in [1.54, 1.807) is 24.3 Å². The van der Waals surface area contributed by atoms with E-state index in [9.17, 15) is 18.0 Å². The van der Waals surface area contributed by atoms with Crippen LogP contribution in [0.1, 0.15) is 5.56 Å². The molecule has 6 nitrogen and oxygen atoms in total. The van der Waals surface area contributed by atoms with Gasteiger partial charge in [-0.05, 0) is 47.7 Å². The summed E-state index contributed by atoms with van der Waals surface area (Å²) in [6, 6.07) is 10.2. The highest BCUT2D eigenvalue weighted by atomic mass is 79.9. The van der Waals surface area contributed by atoms with Crippen LogP contribution in [-0.2, 0) is 17.5 Å². The smallest absolute Gasteiger partial charge is 0.324 e. The van der Waals surface area contributed by atoms with E-state index in [2.05, 4.69) is 36.7 Å². The highest BCUT2D eigenvalue weighted by Gasteiger charge is 2.34. The van der Waals surface area contributed by atoms with Gasteiger partial charge < -0.3 is 5.32 Å². The van der Waals surface area contributed by atoms with Crippen LogP contribution in [0.4, 0.5) is 18.9 Å². The number of amides is 1. The number of carbonyl (C=O) groups is 1. The Balaban J connectivity index is 1.73. The molecular weight excluding hydrogens is 451 g/mol. The van der Waals surface area contributed by atoms with Gasteiger partial charge >= 0.3 is 6.18 Å². The normalized spacial score (nSPS) is 11.4. The first-order valence-corrected chi connectivity index (χ1v) is 8.60. The molecule has 0 saturated heterocycles. The summed E-state index contributed by atoms with van der Waals surface area (Å²) >= 11 is 8.92. The molecule has 1 heterocycles. The van der Waals surface area contributed by atoms with Gasteiger partial charge in [0.25, 0.3) is 0 Å². The molecule has 0 aliphatic rings. The van der Waals surface area contributed by atoms with E-state index in [0.29, 0.717) is 5.56 Å². The van der Waals surface area contributed by atoms with Gasteiger partial charge in [0.15, 0.2) is 0 Å². The van der Waals surface area contributed by atoms with E-state index in [4.69, 9.17) is 11.6 Å². The summed E-state index contributed by atoms with van der Waals surface area (Å²) in [4.78, 5) is 13.1. The zero-order valence-electron chi connectivity index (χ0n) is 13.3. The van der Waals surface area contributed by atoms with Crippen LogP contribution in [-0.4, -0.2) is 26.1 Å². The zero-order valence-corrected chi connectivity index (χ0v) is 15.7. The molecule has 1 N–H and O–H groups in total. The molecule has 0 aliphatic heterocycles. The number of carbonyl (C=O) groups excluding carboxylic acids is 1. The van der Waals surface area contributed by atoms with Gasteiger partial charge in [0.05, 0.1) is 11.3 Å². The first kappa shape index (κ1) is 19.3. The minimum Gasteiger partial charge on any atom is -0.324 e. The minimum absolute atomic E-state index is 0.0857. The number of tetrazole rings is 1. The quantitative estimate of drug-likeness (QED) is 0.626. The van der Waals surface area contributed by atoms with Crippen molar-refractivity contribution < 1.29 is 18.0 Å². The third kappa shape index (κ3) is 4.83. The van der Waals surface area contributed by atoms with Crippen LogP contribution < -0.4 is 5.32 Å². The van der Waals surface area contributed by atoms with Gasteiger partial charge in [0.2, 0.25) is 11.7 Å². The summed E-state index contributed by atoms with van der Waals surface area (Å²) in [6.45, 7) is -0.399. The van der Waals surface area contributed by atoms with Crippen molar-refractivity contribution in [1.82, 2.24) is 20.2 Å². The number of aromatic nitrogens is 4. The predicted molar refractivity (Wildman–Crippen MR) is 96.0 cm³/mol. The number of nitrogens with one attached hydrogen (secondary N) is 1. The third-order valence-corrected chi connectivity index (χ3v) is 4.17. The molecule has 0 aliphatic carbocycles. The van der Waals surface area contributed by atoms with Gasteiger partial charge in [-0.3, -0.25) is 4.79 Å². The number of halogens is 5. The summed E-state index contributed by atoms with van der Waals surface area (Å²) in [5, 5.41) is 13.7. The van der Waals surface area contributed by atoms with Crippen LogP contribution in [0.3, 0.4) is 0 Å². The van der Waals surface area contributed by atoms with Gasteiger partial charge in [-0.25, -0.2) is 0 Å². The molecule has 3 aromatic rings. The molecule has 0 radical (unpaired) electrons. The summed E-state index contributed by atoms with van der Waals surface area (Å²) in [5.41, 5.74) is -0.752. The van der Waals surface area contributed by atoms with Crippen LogP contribution in [0, 0.1) is 0 Å². The lowest BCUT2D eigenvalue weighted by Gasteiger charge is -2.13. The second-order valence-electron chi connectivity index (χ2n) is 5.39. The maximum absolute atomic E-state index is 13.1. The number of benzene rings is 2. The minimum atomic E-state index is -4.66. The van der Waals surface area contributed by atoms with Crippen LogP contribution >= 0.6 is 27.5 Å². The fraction of sp³-hybridized carbons (Fsp3) is 0.125. The highest BCUT2D eigenvalue weighted by Crippen LogP contribution is 2.36. The monoisotopic (exact) mass is 459 g/mol. The molecule has 1 aromatic heterocycles. The fourth-order valence-electron chi connectivity index (χ4n) is 2.20. The summed E-state index contributed by atoms with van der Waals surface area (Å²) < 4.78 is 40.1.